The van der Waals surface area contributed by atoms with Crippen LogP contribution in [0.2, 0.25) is 0 Å². The molecule has 0 radical (unpaired) electrons. The summed E-state index contributed by atoms with van der Waals surface area (Å²) < 4.78 is 79.3. The van der Waals surface area contributed by atoms with Gasteiger partial charge in [0.1, 0.15) is 5.56 Å². The number of nitrogens with one attached hydrogen (secondary N) is 2. The predicted octanol–water partition coefficient (Wildman–Crippen LogP) is 2.22. The van der Waals surface area contributed by atoms with Crippen LogP contribution in [0.25, 0.3) is 0 Å². The summed E-state index contributed by atoms with van der Waals surface area (Å²) in [7, 11) is 0. The van der Waals surface area contributed by atoms with Crippen LogP contribution in [-0.2, 0) is 18.9 Å². The Bertz CT molecular complexity index is 1480. The van der Waals surface area contributed by atoms with Crippen LogP contribution in [0.5, 0.6) is 0 Å². The third-order valence-electron chi connectivity index (χ3n) is 6.06. The number of rotatable bonds is 6. The zero-order valence-corrected chi connectivity index (χ0v) is 20.8. The minimum Gasteiger partial charge on any atom is -0.379 e. The molecule has 1 aliphatic rings. The number of amides is 1. The molecule has 2 N–H and O–H groups in total. The fourth-order valence-corrected chi connectivity index (χ4v) is 4.12. The summed E-state index contributed by atoms with van der Waals surface area (Å²) in [5.41, 5.74) is -4.75. The maximum absolute atomic E-state index is 13.3. The highest BCUT2D eigenvalue weighted by molar-refractivity contribution is 5.94. The van der Waals surface area contributed by atoms with Gasteiger partial charge < -0.3 is 19.7 Å². The van der Waals surface area contributed by atoms with Crippen LogP contribution >= 0.6 is 0 Å². The van der Waals surface area contributed by atoms with Crippen LogP contribution in [0.4, 0.5) is 38.0 Å². The van der Waals surface area contributed by atoms with Gasteiger partial charge >= 0.3 is 12.4 Å². The van der Waals surface area contributed by atoms with Gasteiger partial charge in [-0.1, -0.05) is 0 Å². The molecule has 0 unspecified atom stereocenters. The van der Waals surface area contributed by atoms with Crippen molar-refractivity contribution in [3.8, 4) is 0 Å². The molecule has 1 saturated heterocycles. The first-order chi connectivity index (χ1) is 18.7. The minimum atomic E-state index is -4.94. The lowest BCUT2D eigenvalue weighted by atomic mass is 10.2. The molecule has 0 aromatic carbocycles. The lowest BCUT2D eigenvalue weighted by molar-refractivity contribution is -0.139. The number of aromatic nitrogens is 5. The number of halogens is 6. The molecule has 3 aromatic rings. The fourth-order valence-electron chi connectivity index (χ4n) is 4.12. The number of hydrogen-bond acceptors (Lipinski definition) is 8. The number of pyridine rings is 1. The first-order valence-electron chi connectivity index (χ1n) is 11.8. The normalized spacial score (nSPS) is 15.2. The zero-order valence-electron chi connectivity index (χ0n) is 20.8. The lowest BCUT2D eigenvalue weighted by Gasteiger charge is -2.34. The number of alkyl halides is 6. The number of aromatic amines is 1. The molecule has 1 amide bonds. The Kier molecular flexibility index (Phi) is 7.84. The summed E-state index contributed by atoms with van der Waals surface area (Å²) in [6.07, 6.45) is -6.01. The monoisotopic (exact) mass is 572 g/mol. The van der Waals surface area contributed by atoms with Crippen LogP contribution in [0.3, 0.4) is 0 Å². The van der Waals surface area contributed by atoms with Crippen LogP contribution < -0.4 is 21.3 Å². The molecule has 4 rings (SSSR count). The van der Waals surface area contributed by atoms with E-state index in [2.05, 4.69) is 20.4 Å². The summed E-state index contributed by atoms with van der Waals surface area (Å²) in [5.74, 6) is -0.320. The molecule has 214 valence electrons. The van der Waals surface area contributed by atoms with Gasteiger partial charge in [0.25, 0.3) is 17.0 Å². The van der Waals surface area contributed by atoms with Gasteiger partial charge in [-0.25, -0.2) is 15.1 Å². The van der Waals surface area contributed by atoms with Crippen LogP contribution in [0.1, 0.15) is 28.4 Å². The van der Waals surface area contributed by atoms with E-state index in [1.54, 1.807) is 10.00 Å². The number of nitrogens with zero attached hydrogens (tertiary/aromatic N) is 6. The molecule has 1 aliphatic heterocycles. The second-order valence-electron chi connectivity index (χ2n) is 8.99. The van der Waals surface area contributed by atoms with E-state index in [1.807, 2.05) is 0 Å². The Labute approximate surface area is 221 Å². The van der Waals surface area contributed by atoms with Gasteiger partial charge in [-0.2, -0.15) is 31.4 Å². The predicted molar refractivity (Wildman–Crippen MR) is 129 cm³/mol. The number of hydrogen-bond donors (Lipinski definition) is 2. The molecular weight excluding hydrogens is 550 g/mol. The van der Waals surface area contributed by atoms with E-state index in [0.29, 0.717) is 12.4 Å². The van der Waals surface area contributed by atoms with E-state index in [-0.39, 0.29) is 44.2 Å². The SMILES string of the molecule is C[C@@H](Cn1cc(C(=O)N2CCN(c3ncc(C(F)(F)F)cn3)CC2)ccc1=O)Nc1cn[nH]c(=O)c1C(F)(F)F. The summed E-state index contributed by atoms with van der Waals surface area (Å²) in [4.78, 5) is 47.8. The largest absolute Gasteiger partial charge is 0.423 e. The zero-order chi connectivity index (χ0) is 29.2. The topological polar surface area (TPSA) is 129 Å². The van der Waals surface area contributed by atoms with E-state index < -0.39 is 52.2 Å². The van der Waals surface area contributed by atoms with Gasteiger partial charge in [0.15, 0.2) is 0 Å². The van der Waals surface area contributed by atoms with E-state index in [0.717, 1.165) is 16.8 Å². The molecule has 1 fully saturated rings. The number of H-pyrrole nitrogens is 1. The van der Waals surface area contributed by atoms with Crippen molar-refractivity contribution in [3.05, 3.63) is 74.3 Å². The second-order valence-corrected chi connectivity index (χ2v) is 8.99. The number of carbonyl (C=O) groups is 1. The summed E-state index contributed by atoms with van der Waals surface area (Å²) in [5, 5.41) is 7.66. The smallest absolute Gasteiger partial charge is 0.379 e. The van der Waals surface area contributed by atoms with Crippen molar-refractivity contribution in [3.63, 3.8) is 0 Å². The van der Waals surface area contributed by atoms with Gasteiger partial charge in [0, 0.05) is 63.4 Å². The van der Waals surface area contributed by atoms with Crippen molar-refractivity contribution in [2.24, 2.45) is 0 Å². The standard InChI is InChI=1S/C23H22F6N8O3/c1-13(33-16-10-32-34-19(39)18(16)23(27,28)29)11-37-12-14(2-3-17(37)38)20(40)35-4-6-36(7-5-35)21-30-8-15(9-31-21)22(24,25)26/h2-3,8-10,12-13H,4-7,11H2,1H3,(H2,33,34,39)/t13-/m0/s1. The van der Waals surface area contributed by atoms with Crippen LogP contribution in [0.15, 0.2) is 46.5 Å². The Morgan fingerprint density at radius 1 is 1.00 bits per heavy atom. The van der Waals surface area contributed by atoms with Gasteiger partial charge in [-0.15, -0.1) is 0 Å². The molecule has 40 heavy (non-hydrogen) atoms. The highest BCUT2D eigenvalue weighted by atomic mass is 19.4. The highest BCUT2D eigenvalue weighted by Gasteiger charge is 2.37. The van der Waals surface area contributed by atoms with Crippen LogP contribution in [-0.4, -0.2) is 67.8 Å². The van der Waals surface area contributed by atoms with Crippen molar-refractivity contribution in [1.82, 2.24) is 29.6 Å². The molecular formula is C23H22F6N8O3. The number of piperazine rings is 1. The first-order valence-corrected chi connectivity index (χ1v) is 11.8. The van der Waals surface area contributed by atoms with Crippen molar-refractivity contribution < 1.29 is 31.1 Å². The molecule has 11 nitrogen and oxygen atoms in total. The lowest BCUT2D eigenvalue weighted by Crippen LogP contribution is -2.49. The average molecular weight is 572 g/mol. The Balaban J connectivity index is 1.41. The van der Waals surface area contributed by atoms with Gasteiger partial charge in [-0.3, -0.25) is 14.4 Å². The third kappa shape index (κ3) is 6.40. The van der Waals surface area contributed by atoms with Crippen molar-refractivity contribution >= 4 is 17.5 Å². The number of anilines is 2. The first kappa shape index (κ1) is 28.6. The maximum Gasteiger partial charge on any atom is 0.423 e. The second kappa shape index (κ2) is 11.0. The van der Waals surface area contributed by atoms with Gasteiger partial charge in [0.05, 0.1) is 23.0 Å². The van der Waals surface area contributed by atoms with Crippen molar-refractivity contribution in [2.45, 2.75) is 31.9 Å². The van der Waals surface area contributed by atoms with E-state index in [1.165, 1.54) is 24.1 Å². The summed E-state index contributed by atoms with van der Waals surface area (Å²) in [6, 6.07) is 1.70. The molecule has 0 saturated carbocycles. The third-order valence-corrected chi connectivity index (χ3v) is 6.06. The minimum absolute atomic E-state index is 0.0967. The Hall–Kier alpha value is -4.44. The molecule has 4 heterocycles. The molecule has 3 aromatic heterocycles. The van der Waals surface area contributed by atoms with Gasteiger partial charge in [0.2, 0.25) is 5.95 Å². The van der Waals surface area contributed by atoms with Crippen LogP contribution in [0, 0.1) is 0 Å². The van der Waals surface area contributed by atoms with Crippen molar-refractivity contribution in [2.75, 3.05) is 36.4 Å². The Morgan fingerprint density at radius 3 is 2.25 bits per heavy atom. The summed E-state index contributed by atoms with van der Waals surface area (Å²) >= 11 is 0. The van der Waals surface area contributed by atoms with E-state index in [9.17, 15) is 40.7 Å². The van der Waals surface area contributed by atoms with Gasteiger partial charge in [-0.05, 0) is 13.0 Å². The number of carbonyl (C=O) groups excluding carboxylic acids is 1. The quantitative estimate of drug-likeness (QED) is 0.431. The molecule has 1 atom stereocenters. The highest BCUT2D eigenvalue weighted by Crippen LogP contribution is 2.32. The molecule has 17 heteroatoms. The Morgan fingerprint density at radius 2 is 1.65 bits per heavy atom. The maximum atomic E-state index is 13.3. The van der Waals surface area contributed by atoms with Crippen molar-refractivity contribution in [1.29, 1.82) is 0 Å². The van der Waals surface area contributed by atoms with E-state index >= 15 is 0 Å². The van der Waals surface area contributed by atoms with E-state index in [4.69, 9.17) is 0 Å². The fraction of sp³-hybridized carbons (Fsp3) is 0.391. The summed E-state index contributed by atoms with van der Waals surface area (Å²) in [6.45, 7) is 2.27. The molecule has 0 aliphatic carbocycles. The average Bonchev–Trinajstić information content (AvgIpc) is 2.88. The molecule has 0 spiro atoms. The molecule has 0 bridgehead atoms.